The quantitative estimate of drug-likeness (QED) is 0.687. The van der Waals surface area contributed by atoms with Crippen LogP contribution in [-0.4, -0.2) is 21.7 Å². The second kappa shape index (κ2) is 2.87. The van der Waals surface area contributed by atoms with E-state index in [1.54, 1.807) is 0 Å². The zero-order valence-corrected chi connectivity index (χ0v) is 5.54. The molecule has 1 rings (SSSR count). The number of aliphatic hydroxyl groups is 1. The first-order chi connectivity index (χ1) is 5.17. The van der Waals surface area contributed by atoms with Gasteiger partial charge in [0.15, 0.2) is 0 Å². The highest BCUT2D eigenvalue weighted by Gasteiger charge is 2.32. The summed E-state index contributed by atoms with van der Waals surface area (Å²) in [5.74, 6) is -3.28. The van der Waals surface area contributed by atoms with Crippen molar-refractivity contribution >= 4 is 0 Å². The van der Waals surface area contributed by atoms with Crippen LogP contribution < -0.4 is 0 Å². The van der Waals surface area contributed by atoms with E-state index in [-0.39, 0.29) is 0 Å². The van der Waals surface area contributed by atoms with Crippen molar-refractivity contribution in [3.8, 4) is 0 Å². The largest absolute Gasteiger partial charge is 0.390 e. The molecule has 0 saturated heterocycles. The molecule has 0 saturated carbocycles. The number of hydrogen-bond donors (Lipinski definition) is 1. The Hall–Kier alpha value is -1.10. The standard InChI is InChI=1S/C6H6F2N2O/c7-6(8,4-11)5-3-9-1-2-10-5/h1-3,11H,4H2. The van der Waals surface area contributed by atoms with Gasteiger partial charge in [0.1, 0.15) is 12.3 Å². The van der Waals surface area contributed by atoms with E-state index in [1.807, 2.05) is 0 Å². The first kappa shape index (κ1) is 8.00. The minimum Gasteiger partial charge on any atom is -0.390 e. The molecule has 0 fully saturated rings. The lowest BCUT2D eigenvalue weighted by molar-refractivity contribution is -0.0595. The number of aromatic nitrogens is 2. The average Bonchev–Trinajstić information content (AvgIpc) is 2.06. The lowest BCUT2D eigenvalue weighted by Crippen LogP contribution is -2.20. The third kappa shape index (κ3) is 1.68. The maximum absolute atomic E-state index is 12.5. The molecule has 0 spiro atoms. The predicted octanol–water partition coefficient (Wildman–Crippen LogP) is 0.561. The summed E-state index contributed by atoms with van der Waals surface area (Å²) in [5.41, 5.74) is -0.512. The highest BCUT2D eigenvalue weighted by atomic mass is 19.3. The molecule has 0 aliphatic heterocycles. The first-order valence-electron chi connectivity index (χ1n) is 2.92. The highest BCUT2D eigenvalue weighted by molar-refractivity contribution is 5.03. The molecule has 0 aliphatic carbocycles. The van der Waals surface area contributed by atoms with Crippen LogP contribution in [0.3, 0.4) is 0 Å². The Balaban J connectivity index is 2.93. The number of aliphatic hydroxyl groups excluding tert-OH is 1. The molecule has 1 N–H and O–H groups in total. The Labute approximate surface area is 61.7 Å². The van der Waals surface area contributed by atoms with E-state index in [9.17, 15) is 8.78 Å². The van der Waals surface area contributed by atoms with Gasteiger partial charge in [-0.2, -0.15) is 8.78 Å². The van der Waals surface area contributed by atoms with E-state index < -0.39 is 18.2 Å². The second-order valence-corrected chi connectivity index (χ2v) is 1.95. The van der Waals surface area contributed by atoms with Crippen molar-refractivity contribution in [3.05, 3.63) is 24.3 Å². The maximum atomic E-state index is 12.5. The van der Waals surface area contributed by atoms with Gasteiger partial charge in [0, 0.05) is 12.4 Å². The summed E-state index contributed by atoms with van der Waals surface area (Å²) in [7, 11) is 0. The van der Waals surface area contributed by atoms with Crippen LogP contribution in [0.2, 0.25) is 0 Å². The van der Waals surface area contributed by atoms with Gasteiger partial charge in [0.2, 0.25) is 0 Å². The van der Waals surface area contributed by atoms with Crippen molar-refractivity contribution < 1.29 is 13.9 Å². The summed E-state index contributed by atoms with van der Waals surface area (Å²) in [4.78, 5) is 6.79. The van der Waals surface area contributed by atoms with Crippen LogP contribution in [0.25, 0.3) is 0 Å². The first-order valence-corrected chi connectivity index (χ1v) is 2.92. The van der Waals surface area contributed by atoms with Gasteiger partial charge in [-0.25, -0.2) is 0 Å². The fraction of sp³-hybridized carbons (Fsp3) is 0.333. The van der Waals surface area contributed by atoms with E-state index in [4.69, 9.17) is 5.11 Å². The number of nitrogens with zero attached hydrogens (tertiary/aromatic N) is 2. The van der Waals surface area contributed by atoms with Gasteiger partial charge in [0.05, 0.1) is 6.20 Å². The van der Waals surface area contributed by atoms with E-state index >= 15 is 0 Å². The summed E-state index contributed by atoms with van der Waals surface area (Å²) in [6.07, 6.45) is 3.37. The minimum absolute atomic E-state index is 0.512. The SMILES string of the molecule is OCC(F)(F)c1cnccn1. The lowest BCUT2D eigenvalue weighted by Gasteiger charge is -2.10. The summed E-state index contributed by atoms with van der Waals surface area (Å²) < 4.78 is 25.1. The van der Waals surface area contributed by atoms with E-state index in [0.717, 1.165) is 12.4 Å². The van der Waals surface area contributed by atoms with Gasteiger partial charge in [-0.3, -0.25) is 9.97 Å². The van der Waals surface area contributed by atoms with Gasteiger partial charge in [0.25, 0.3) is 0 Å². The van der Waals surface area contributed by atoms with E-state index in [1.165, 1.54) is 6.20 Å². The number of rotatable bonds is 2. The van der Waals surface area contributed by atoms with Crippen LogP contribution in [0.4, 0.5) is 8.78 Å². The third-order valence-electron chi connectivity index (χ3n) is 1.14. The van der Waals surface area contributed by atoms with E-state index in [0.29, 0.717) is 0 Å². The third-order valence-corrected chi connectivity index (χ3v) is 1.14. The van der Waals surface area contributed by atoms with Crippen LogP contribution in [0, 0.1) is 0 Å². The van der Waals surface area contributed by atoms with Crippen LogP contribution in [0.1, 0.15) is 5.69 Å². The molecular formula is C6H6F2N2O. The van der Waals surface area contributed by atoms with Crippen molar-refractivity contribution in [1.29, 1.82) is 0 Å². The predicted molar refractivity (Wildman–Crippen MR) is 33.0 cm³/mol. The topological polar surface area (TPSA) is 46.0 Å². The molecule has 0 atom stereocenters. The van der Waals surface area contributed by atoms with Gasteiger partial charge >= 0.3 is 5.92 Å². The number of hydrogen-bond acceptors (Lipinski definition) is 3. The van der Waals surface area contributed by atoms with Gasteiger partial charge in [-0.1, -0.05) is 0 Å². The molecule has 0 aliphatic rings. The smallest absolute Gasteiger partial charge is 0.313 e. The average molecular weight is 160 g/mol. The summed E-state index contributed by atoms with van der Waals surface area (Å²) in [6, 6.07) is 0. The molecule has 0 radical (unpaired) electrons. The van der Waals surface area contributed by atoms with Crippen LogP contribution in [0.5, 0.6) is 0 Å². The molecule has 1 aromatic rings. The molecule has 1 heterocycles. The van der Waals surface area contributed by atoms with Crippen LogP contribution >= 0.6 is 0 Å². The van der Waals surface area contributed by atoms with Crippen molar-refractivity contribution in [2.45, 2.75) is 5.92 Å². The minimum atomic E-state index is -3.28. The summed E-state index contributed by atoms with van der Waals surface area (Å²) >= 11 is 0. The number of alkyl halides is 2. The zero-order valence-electron chi connectivity index (χ0n) is 5.54. The molecule has 0 amide bonds. The second-order valence-electron chi connectivity index (χ2n) is 1.95. The van der Waals surface area contributed by atoms with Gasteiger partial charge in [-0.05, 0) is 0 Å². The van der Waals surface area contributed by atoms with Gasteiger partial charge < -0.3 is 5.11 Å². The fourth-order valence-electron chi connectivity index (χ4n) is 0.569. The summed E-state index contributed by atoms with van der Waals surface area (Å²) in [5, 5.41) is 8.23. The fourth-order valence-corrected chi connectivity index (χ4v) is 0.569. The maximum Gasteiger partial charge on any atom is 0.313 e. The molecule has 0 bridgehead atoms. The molecular weight excluding hydrogens is 154 g/mol. The normalized spacial score (nSPS) is 11.5. The van der Waals surface area contributed by atoms with Crippen molar-refractivity contribution in [2.24, 2.45) is 0 Å². The molecule has 11 heavy (non-hydrogen) atoms. The molecule has 0 aromatic carbocycles. The molecule has 0 unspecified atom stereocenters. The van der Waals surface area contributed by atoms with Crippen molar-refractivity contribution in [1.82, 2.24) is 9.97 Å². The Morgan fingerprint density at radius 3 is 2.64 bits per heavy atom. The van der Waals surface area contributed by atoms with Crippen LogP contribution in [-0.2, 0) is 5.92 Å². The summed E-state index contributed by atoms with van der Waals surface area (Å²) in [6.45, 7) is -1.24. The Morgan fingerprint density at radius 1 is 1.45 bits per heavy atom. The Morgan fingerprint density at radius 2 is 2.18 bits per heavy atom. The molecule has 60 valence electrons. The number of halogens is 2. The van der Waals surface area contributed by atoms with E-state index in [2.05, 4.69) is 9.97 Å². The van der Waals surface area contributed by atoms with Crippen molar-refractivity contribution in [2.75, 3.05) is 6.61 Å². The lowest BCUT2D eigenvalue weighted by atomic mass is 10.3. The highest BCUT2D eigenvalue weighted by Crippen LogP contribution is 2.23. The molecule has 1 aromatic heterocycles. The van der Waals surface area contributed by atoms with Crippen LogP contribution in [0.15, 0.2) is 18.6 Å². The Bertz CT molecular complexity index is 227. The Kier molecular flexibility index (Phi) is 2.09. The van der Waals surface area contributed by atoms with Crippen molar-refractivity contribution in [3.63, 3.8) is 0 Å². The van der Waals surface area contributed by atoms with Gasteiger partial charge in [-0.15, -0.1) is 0 Å². The monoisotopic (exact) mass is 160 g/mol. The molecule has 3 nitrogen and oxygen atoms in total. The molecule has 5 heteroatoms. The zero-order chi connectivity index (χ0) is 8.32.